The maximum atomic E-state index is 5.72. The second-order valence-corrected chi connectivity index (χ2v) is 7.77. The van der Waals surface area contributed by atoms with Crippen LogP contribution in [0.1, 0.15) is 33.6 Å². The largest absolute Gasteiger partial charge is 0.382 e. The van der Waals surface area contributed by atoms with Gasteiger partial charge in [-0.2, -0.15) is 0 Å². The Bertz CT molecular complexity index is 441. The van der Waals surface area contributed by atoms with Gasteiger partial charge < -0.3 is 24.4 Å². The van der Waals surface area contributed by atoms with Gasteiger partial charge in [-0.3, -0.25) is 4.99 Å². The summed E-state index contributed by atoms with van der Waals surface area (Å²) in [6.45, 7) is 10.9. The lowest BCUT2D eigenvalue weighted by Gasteiger charge is -2.59. The Morgan fingerprint density at radius 1 is 1.25 bits per heavy atom. The Kier molecular flexibility index (Phi) is 6.51. The highest BCUT2D eigenvalue weighted by molar-refractivity contribution is 5.80. The summed E-state index contributed by atoms with van der Waals surface area (Å²) in [5.41, 5.74) is 0.0202. The van der Waals surface area contributed by atoms with E-state index in [1.165, 1.54) is 0 Å². The summed E-state index contributed by atoms with van der Waals surface area (Å²) < 4.78 is 16.4. The lowest BCUT2D eigenvalue weighted by atomic mass is 9.56. The lowest BCUT2D eigenvalue weighted by molar-refractivity contribution is -0.176. The highest BCUT2D eigenvalue weighted by Crippen LogP contribution is 2.51. The predicted molar refractivity (Wildman–Crippen MR) is 96.5 cm³/mol. The van der Waals surface area contributed by atoms with Crippen molar-refractivity contribution in [1.29, 1.82) is 0 Å². The molecule has 3 unspecified atom stereocenters. The first kappa shape index (κ1) is 19.5. The van der Waals surface area contributed by atoms with E-state index in [0.29, 0.717) is 25.2 Å². The molecule has 2 aliphatic rings. The molecule has 6 heteroatoms. The van der Waals surface area contributed by atoms with E-state index in [9.17, 15) is 0 Å². The van der Waals surface area contributed by atoms with Gasteiger partial charge >= 0.3 is 0 Å². The molecular weight excluding hydrogens is 306 g/mol. The summed E-state index contributed by atoms with van der Waals surface area (Å²) >= 11 is 0. The fourth-order valence-corrected chi connectivity index (χ4v) is 3.73. The summed E-state index contributed by atoms with van der Waals surface area (Å²) in [5, 5.41) is 3.66. The van der Waals surface area contributed by atoms with Crippen LogP contribution in [0.25, 0.3) is 0 Å². The molecule has 1 heterocycles. The number of ether oxygens (including phenoxy) is 3. The van der Waals surface area contributed by atoms with Crippen molar-refractivity contribution in [3.63, 3.8) is 0 Å². The molecule has 3 atom stereocenters. The van der Waals surface area contributed by atoms with E-state index in [-0.39, 0.29) is 11.0 Å². The fourth-order valence-electron chi connectivity index (χ4n) is 3.73. The first-order valence-corrected chi connectivity index (χ1v) is 8.98. The molecule has 0 aromatic rings. The number of guanidine groups is 1. The topological polar surface area (TPSA) is 55.3 Å². The highest BCUT2D eigenvalue weighted by Gasteiger charge is 2.58. The standard InChI is InChI=1S/C18H35N3O3/c1-17(2)15(11-18(17,3)23-6)20-16(19-4)21-8-7-14(12-21)13-24-10-9-22-5/h14-15H,7-13H2,1-6H3,(H,19,20). The minimum Gasteiger partial charge on any atom is -0.382 e. The average Bonchev–Trinajstić information content (AvgIpc) is 3.03. The number of aliphatic imine (C=N–C) groups is 1. The third kappa shape index (κ3) is 3.86. The summed E-state index contributed by atoms with van der Waals surface area (Å²) in [6.07, 6.45) is 2.16. The fraction of sp³-hybridized carbons (Fsp3) is 0.944. The quantitative estimate of drug-likeness (QED) is 0.434. The van der Waals surface area contributed by atoms with Crippen molar-refractivity contribution in [1.82, 2.24) is 10.2 Å². The van der Waals surface area contributed by atoms with Crippen molar-refractivity contribution in [2.45, 2.75) is 45.3 Å². The second-order valence-electron chi connectivity index (χ2n) is 7.77. The SMILES string of the molecule is CN=C(NC1CC(C)(OC)C1(C)C)N1CCC(COCCOC)C1. The van der Waals surface area contributed by atoms with Crippen LogP contribution in [0.5, 0.6) is 0 Å². The number of likely N-dealkylation sites (tertiary alicyclic amines) is 1. The van der Waals surface area contributed by atoms with Crippen molar-refractivity contribution in [2.75, 3.05) is 54.2 Å². The highest BCUT2D eigenvalue weighted by atomic mass is 16.5. The van der Waals surface area contributed by atoms with Crippen LogP contribution in [0.4, 0.5) is 0 Å². The van der Waals surface area contributed by atoms with Gasteiger partial charge in [0.15, 0.2) is 5.96 Å². The number of hydrogen-bond donors (Lipinski definition) is 1. The zero-order chi connectivity index (χ0) is 17.8. The van der Waals surface area contributed by atoms with E-state index in [1.54, 1.807) is 14.2 Å². The molecule has 0 aromatic heterocycles. The van der Waals surface area contributed by atoms with Gasteiger partial charge in [0.2, 0.25) is 0 Å². The molecule has 2 fully saturated rings. The van der Waals surface area contributed by atoms with E-state index in [1.807, 2.05) is 7.05 Å². The molecule has 1 N–H and O–H groups in total. The molecule has 0 spiro atoms. The predicted octanol–water partition coefficient (Wildman–Crippen LogP) is 1.75. The molecule has 1 aliphatic heterocycles. The average molecular weight is 341 g/mol. The minimum absolute atomic E-state index is 0.0632. The van der Waals surface area contributed by atoms with Crippen LogP contribution in [0.3, 0.4) is 0 Å². The van der Waals surface area contributed by atoms with Gasteiger partial charge in [0.05, 0.1) is 25.4 Å². The molecule has 1 saturated heterocycles. The van der Waals surface area contributed by atoms with Gasteiger partial charge in [-0.15, -0.1) is 0 Å². The maximum Gasteiger partial charge on any atom is 0.193 e. The number of methoxy groups -OCH3 is 2. The molecule has 2 rings (SSSR count). The Labute approximate surface area is 146 Å². The summed E-state index contributed by atoms with van der Waals surface area (Å²) in [5.74, 6) is 1.57. The molecule has 1 aliphatic carbocycles. The molecule has 0 amide bonds. The molecule has 0 aromatic carbocycles. The van der Waals surface area contributed by atoms with Crippen molar-refractivity contribution in [3.05, 3.63) is 0 Å². The monoisotopic (exact) mass is 341 g/mol. The van der Waals surface area contributed by atoms with Crippen molar-refractivity contribution in [2.24, 2.45) is 16.3 Å². The molecule has 140 valence electrons. The van der Waals surface area contributed by atoms with Crippen LogP contribution >= 0.6 is 0 Å². The van der Waals surface area contributed by atoms with Crippen LogP contribution < -0.4 is 5.32 Å². The molecule has 0 bridgehead atoms. The molecule has 0 radical (unpaired) electrons. The van der Waals surface area contributed by atoms with E-state index in [0.717, 1.165) is 38.5 Å². The Hall–Kier alpha value is -0.850. The number of hydrogen-bond acceptors (Lipinski definition) is 4. The van der Waals surface area contributed by atoms with Gasteiger partial charge in [-0.05, 0) is 19.8 Å². The van der Waals surface area contributed by atoms with E-state index in [4.69, 9.17) is 14.2 Å². The third-order valence-electron chi connectivity index (χ3n) is 6.16. The van der Waals surface area contributed by atoms with Gasteiger partial charge in [-0.25, -0.2) is 0 Å². The summed E-state index contributed by atoms with van der Waals surface area (Å²) in [7, 11) is 5.38. The van der Waals surface area contributed by atoms with Gasteiger partial charge in [0, 0.05) is 51.7 Å². The Morgan fingerprint density at radius 3 is 2.58 bits per heavy atom. The van der Waals surface area contributed by atoms with Crippen LogP contribution in [-0.4, -0.2) is 76.7 Å². The Balaban J connectivity index is 1.81. The first-order valence-electron chi connectivity index (χ1n) is 8.98. The molecule has 1 saturated carbocycles. The van der Waals surface area contributed by atoms with Gasteiger partial charge in [0.1, 0.15) is 0 Å². The zero-order valence-electron chi connectivity index (χ0n) is 16.2. The Morgan fingerprint density at radius 2 is 2.00 bits per heavy atom. The maximum absolute atomic E-state index is 5.72. The van der Waals surface area contributed by atoms with E-state index >= 15 is 0 Å². The van der Waals surface area contributed by atoms with Crippen LogP contribution in [-0.2, 0) is 14.2 Å². The lowest BCUT2D eigenvalue weighted by Crippen LogP contribution is -2.69. The van der Waals surface area contributed by atoms with Gasteiger partial charge in [0.25, 0.3) is 0 Å². The van der Waals surface area contributed by atoms with Crippen LogP contribution in [0.15, 0.2) is 4.99 Å². The minimum atomic E-state index is -0.0632. The summed E-state index contributed by atoms with van der Waals surface area (Å²) in [4.78, 5) is 6.86. The normalized spacial score (nSPS) is 32.8. The second kappa shape index (κ2) is 8.02. The molecular formula is C18H35N3O3. The van der Waals surface area contributed by atoms with E-state index in [2.05, 4.69) is 36.0 Å². The molecule has 24 heavy (non-hydrogen) atoms. The van der Waals surface area contributed by atoms with Crippen LogP contribution in [0.2, 0.25) is 0 Å². The summed E-state index contributed by atoms with van der Waals surface area (Å²) in [6, 6.07) is 0.387. The molecule has 6 nitrogen and oxygen atoms in total. The smallest absolute Gasteiger partial charge is 0.193 e. The third-order valence-corrected chi connectivity index (χ3v) is 6.16. The zero-order valence-corrected chi connectivity index (χ0v) is 16.2. The van der Waals surface area contributed by atoms with Crippen molar-refractivity contribution in [3.8, 4) is 0 Å². The van der Waals surface area contributed by atoms with Crippen LogP contribution in [0, 0.1) is 11.3 Å². The first-order chi connectivity index (χ1) is 11.4. The van der Waals surface area contributed by atoms with Gasteiger partial charge in [-0.1, -0.05) is 13.8 Å². The number of rotatable bonds is 7. The number of nitrogens with one attached hydrogen (secondary N) is 1. The number of nitrogens with zero attached hydrogens (tertiary/aromatic N) is 2. The van der Waals surface area contributed by atoms with Crippen molar-refractivity contribution < 1.29 is 14.2 Å². The van der Waals surface area contributed by atoms with Crippen molar-refractivity contribution >= 4 is 5.96 Å². The van der Waals surface area contributed by atoms with E-state index < -0.39 is 0 Å².